The number of hydrogen-bond acceptors (Lipinski definition) is 2. The highest BCUT2D eigenvalue weighted by Gasteiger charge is 2.30. The Bertz CT molecular complexity index is 1020. The van der Waals surface area contributed by atoms with Gasteiger partial charge in [-0.25, -0.2) is 4.39 Å². The normalized spacial score (nSPS) is 11.8. The van der Waals surface area contributed by atoms with Gasteiger partial charge in [-0.2, -0.15) is 0 Å². The number of benzene rings is 3. The zero-order valence-electron chi connectivity index (χ0n) is 19.2. The van der Waals surface area contributed by atoms with E-state index >= 15 is 0 Å². The van der Waals surface area contributed by atoms with Crippen LogP contribution in [0.2, 0.25) is 0 Å². The van der Waals surface area contributed by atoms with Gasteiger partial charge in [0, 0.05) is 19.5 Å². The van der Waals surface area contributed by atoms with E-state index in [2.05, 4.69) is 5.32 Å². The Balaban J connectivity index is 1.92. The highest BCUT2D eigenvalue weighted by Crippen LogP contribution is 2.17. The molecular weight excluding hydrogens is 415 g/mol. The van der Waals surface area contributed by atoms with Crippen LogP contribution >= 0.6 is 0 Å². The molecule has 0 radical (unpaired) electrons. The third-order valence-electron chi connectivity index (χ3n) is 5.42. The predicted octanol–water partition coefficient (Wildman–Crippen LogP) is 4.78. The maximum atomic E-state index is 13.5. The van der Waals surface area contributed by atoms with E-state index in [1.54, 1.807) is 17.0 Å². The minimum Gasteiger partial charge on any atom is -0.354 e. The summed E-state index contributed by atoms with van der Waals surface area (Å²) in [5.41, 5.74) is 2.63. The summed E-state index contributed by atoms with van der Waals surface area (Å²) in [4.78, 5) is 28.5. The lowest BCUT2D eigenvalue weighted by molar-refractivity contribution is -0.140. The van der Waals surface area contributed by atoms with E-state index in [1.807, 2.05) is 74.5 Å². The van der Waals surface area contributed by atoms with Gasteiger partial charge in [-0.1, -0.05) is 86.6 Å². The van der Waals surface area contributed by atoms with Crippen molar-refractivity contribution in [3.8, 4) is 0 Å². The van der Waals surface area contributed by atoms with Gasteiger partial charge in [-0.05, 0) is 34.7 Å². The summed E-state index contributed by atoms with van der Waals surface area (Å²) in [6, 6.07) is 24.6. The lowest BCUT2D eigenvalue weighted by Crippen LogP contribution is -2.51. The first kappa shape index (κ1) is 24.2. The molecule has 0 aliphatic rings. The maximum absolute atomic E-state index is 13.5. The number of carbonyl (C=O) groups excluding carboxylic acids is 2. The van der Waals surface area contributed by atoms with Gasteiger partial charge in [0.2, 0.25) is 11.8 Å². The molecule has 0 fully saturated rings. The van der Waals surface area contributed by atoms with Gasteiger partial charge >= 0.3 is 0 Å². The standard InChI is InChI=1S/C28H31FN2O2/c1-21(2)19-30-28(33)26(17-22-9-5-3-6-10-22)31(20-24-11-7-4-8-12-24)27(32)18-23-13-15-25(29)16-14-23/h3-16,21,26H,17-20H2,1-2H3,(H,30,33)/t26-/m1/s1. The van der Waals surface area contributed by atoms with Crippen molar-refractivity contribution in [1.29, 1.82) is 0 Å². The Kier molecular flexibility index (Phi) is 8.76. The van der Waals surface area contributed by atoms with Crippen molar-refractivity contribution in [2.45, 2.75) is 39.3 Å². The fourth-order valence-corrected chi connectivity index (χ4v) is 3.64. The fourth-order valence-electron chi connectivity index (χ4n) is 3.64. The number of nitrogens with one attached hydrogen (secondary N) is 1. The van der Waals surface area contributed by atoms with Crippen molar-refractivity contribution in [1.82, 2.24) is 10.2 Å². The van der Waals surface area contributed by atoms with Crippen molar-refractivity contribution in [3.05, 3.63) is 107 Å². The smallest absolute Gasteiger partial charge is 0.243 e. The number of rotatable bonds is 10. The summed E-state index contributed by atoms with van der Waals surface area (Å²) in [5, 5.41) is 3.01. The molecular formula is C28H31FN2O2. The first-order chi connectivity index (χ1) is 15.9. The molecule has 0 aliphatic heterocycles. The van der Waals surface area contributed by atoms with Gasteiger partial charge in [-0.15, -0.1) is 0 Å². The summed E-state index contributed by atoms with van der Waals surface area (Å²) in [5.74, 6) is -0.395. The average molecular weight is 447 g/mol. The second kappa shape index (κ2) is 12.0. The van der Waals surface area contributed by atoms with E-state index in [0.29, 0.717) is 31.0 Å². The summed E-state index contributed by atoms with van der Waals surface area (Å²) in [7, 11) is 0. The van der Waals surface area contributed by atoms with Crippen LogP contribution in [-0.2, 0) is 29.0 Å². The molecule has 0 spiro atoms. The number of amides is 2. The first-order valence-corrected chi connectivity index (χ1v) is 11.3. The molecule has 1 N–H and O–H groups in total. The van der Waals surface area contributed by atoms with Crippen LogP contribution in [0.5, 0.6) is 0 Å². The van der Waals surface area contributed by atoms with Gasteiger partial charge in [0.15, 0.2) is 0 Å². The molecule has 4 nitrogen and oxygen atoms in total. The van der Waals surface area contributed by atoms with Crippen LogP contribution < -0.4 is 5.32 Å². The third kappa shape index (κ3) is 7.56. The summed E-state index contributed by atoms with van der Waals surface area (Å²) in [6.07, 6.45) is 0.503. The molecule has 0 saturated heterocycles. The molecule has 3 aromatic carbocycles. The van der Waals surface area contributed by atoms with Crippen LogP contribution in [0.15, 0.2) is 84.9 Å². The Morgan fingerprint density at radius 1 is 0.818 bits per heavy atom. The van der Waals surface area contributed by atoms with Crippen LogP contribution in [0.4, 0.5) is 4.39 Å². The second-order valence-electron chi connectivity index (χ2n) is 8.66. The molecule has 0 heterocycles. The molecule has 0 aromatic heterocycles. The summed E-state index contributed by atoms with van der Waals surface area (Å²) >= 11 is 0. The Morgan fingerprint density at radius 2 is 1.39 bits per heavy atom. The van der Waals surface area contributed by atoms with Gasteiger partial charge in [-0.3, -0.25) is 9.59 Å². The van der Waals surface area contributed by atoms with Gasteiger partial charge in [0.05, 0.1) is 6.42 Å². The zero-order chi connectivity index (χ0) is 23.6. The number of nitrogens with zero attached hydrogens (tertiary/aromatic N) is 1. The molecule has 33 heavy (non-hydrogen) atoms. The minimum absolute atomic E-state index is 0.0931. The molecule has 0 unspecified atom stereocenters. The SMILES string of the molecule is CC(C)CNC(=O)[C@@H](Cc1ccccc1)N(Cc1ccccc1)C(=O)Cc1ccc(F)cc1. The van der Waals surface area contributed by atoms with E-state index in [4.69, 9.17) is 0 Å². The molecule has 5 heteroatoms. The summed E-state index contributed by atoms with van der Waals surface area (Å²) in [6.45, 7) is 4.92. The molecule has 1 atom stereocenters. The molecule has 3 rings (SSSR count). The van der Waals surface area contributed by atoms with Crippen LogP contribution in [-0.4, -0.2) is 29.3 Å². The van der Waals surface area contributed by atoms with Crippen LogP contribution in [0.1, 0.15) is 30.5 Å². The highest BCUT2D eigenvalue weighted by molar-refractivity contribution is 5.88. The van der Waals surface area contributed by atoms with Crippen molar-refractivity contribution < 1.29 is 14.0 Å². The molecule has 3 aromatic rings. The van der Waals surface area contributed by atoms with Crippen molar-refractivity contribution in [2.75, 3.05) is 6.54 Å². The van der Waals surface area contributed by atoms with Crippen molar-refractivity contribution >= 4 is 11.8 Å². The average Bonchev–Trinajstić information content (AvgIpc) is 2.82. The quantitative estimate of drug-likeness (QED) is 0.487. The van der Waals surface area contributed by atoms with Gasteiger partial charge in [0.25, 0.3) is 0 Å². The Morgan fingerprint density at radius 3 is 1.97 bits per heavy atom. The molecule has 172 valence electrons. The lowest BCUT2D eigenvalue weighted by atomic mass is 10.0. The Hall–Kier alpha value is -3.47. The van der Waals surface area contributed by atoms with Crippen molar-refractivity contribution in [3.63, 3.8) is 0 Å². The van der Waals surface area contributed by atoms with E-state index in [0.717, 1.165) is 11.1 Å². The van der Waals surface area contributed by atoms with E-state index in [9.17, 15) is 14.0 Å². The topological polar surface area (TPSA) is 49.4 Å². The van der Waals surface area contributed by atoms with Crippen LogP contribution in [0.25, 0.3) is 0 Å². The van der Waals surface area contributed by atoms with E-state index < -0.39 is 6.04 Å². The second-order valence-corrected chi connectivity index (χ2v) is 8.66. The molecule has 2 amide bonds. The first-order valence-electron chi connectivity index (χ1n) is 11.3. The summed E-state index contributed by atoms with van der Waals surface area (Å²) < 4.78 is 13.3. The van der Waals surface area contributed by atoms with E-state index in [1.165, 1.54) is 12.1 Å². The molecule has 0 bridgehead atoms. The third-order valence-corrected chi connectivity index (χ3v) is 5.42. The highest BCUT2D eigenvalue weighted by atomic mass is 19.1. The minimum atomic E-state index is -0.667. The van der Waals surface area contributed by atoms with Crippen LogP contribution in [0.3, 0.4) is 0 Å². The van der Waals surface area contributed by atoms with E-state index in [-0.39, 0.29) is 24.1 Å². The van der Waals surface area contributed by atoms with Gasteiger partial charge < -0.3 is 10.2 Å². The van der Waals surface area contributed by atoms with Gasteiger partial charge in [0.1, 0.15) is 11.9 Å². The predicted molar refractivity (Wildman–Crippen MR) is 129 cm³/mol. The van der Waals surface area contributed by atoms with Crippen molar-refractivity contribution in [2.24, 2.45) is 5.92 Å². The zero-order valence-corrected chi connectivity index (χ0v) is 19.2. The Labute approximate surface area is 195 Å². The fraction of sp³-hybridized carbons (Fsp3) is 0.286. The number of carbonyl (C=O) groups is 2. The largest absolute Gasteiger partial charge is 0.354 e. The number of hydrogen-bond donors (Lipinski definition) is 1. The monoisotopic (exact) mass is 446 g/mol. The van der Waals surface area contributed by atoms with Crippen LogP contribution in [0, 0.1) is 11.7 Å². The maximum Gasteiger partial charge on any atom is 0.243 e. The molecule has 0 saturated carbocycles. The number of halogens is 1. The lowest BCUT2D eigenvalue weighted by Gasteiger charge is -2.32. The molecule has 0 aliphatic carbocycles.